The van der Waals surface area contributed by atoms with Gasteiger partial charge in [-0.1, -0.05) is 20.8 Å². The highest BCUT2D eigenvalue weighted by Crippen LogP contribution is 2.28. The van der Waals surface area contributed by atoms with Crippen LogP contribution in [0.15, 0.2) is 0 Å². The summed E-state index contributed by atoms with van der Waals surface area (Å²) in [7, 11) is 0. The summed E-state index contributed by atoms with van der Waals surface area (Å²) in [5.41, 5.74) is 5.73. The van der Waals surface area contributed by atoms with Crippen molar-refractivity contribution >= 4 is 5.91 Å². The third kappa shape index (κ3) is 3.35. The largest absolute Gasteiger partial charge is 0.352 e. The molecule has 3 nitrogen and oxygen atoms in total. The van der Waals surface area contributed by atoms with Crippen molar-refractivity contribution < 1.29 is 4.79 Å². The van der Waals surface area contributed by atoms with Gasteiger partial charge in [-0.3, -0.25) is 4.79 Å². The molecule has 3 atom stereocenters. The normalized spacial score (nSPS) is 28.7. The molecule has 1 amide bonds. The number of nitrogens with two attached hydrogens (primary N) is 1. The van der Waals surface area contributed by atoms with Crippen LogP contribution in [0.5, 0.6) is 0 Å². The van der Waals surface area contributed by atoms with Gasteiger partial charge in [0.15, 0.2) is 0 Å². The van der Waals surface area contributed by atoms with Gasteiger partial charge in [0.05, 0.1) is 6.04 Å². The molecule has 1 saturated carbocycles. The second-order valence-electron chi connectivity index (χ2n) is 4.56. The van der Waals surface area contributed by atoms with E-state index in [4.69, 9.17) is 5.73 Å². The fraction of sp³-hybridized carbons (Fsp3) is 0.900. The Morgan fingerprint density at radius 2 is 2.15 bits per heavy atom. The van der Waals surface area contributed by atoms with Crippen molar-refractivity contribution in [2.24, 2.45) is 17.6 Å². The van der Waals surface area contributed by atoms with Gasteiger partial charge in [0.1, 0.15) is 0 Å². The molecule has 3 N–H and O–H groups in total. The molecule has 0 aliphatic heterocycles. The van der Waals surface area contributed by atoms with Gasteiger partial charge < -0.3 is 11.1 Å². The van der Waals surface area contributed by atoms with Gasteiger partial charge in [0.2, 0.25) is 5.91 Å². The quantitative estimate of drug-likeness (QED) is 0.681. The number of nitrogens with one attached hydrogen (secondary N) is 1. The molecule has 0 heterocycles. The number of hydrogen-bond donors (Lipinski definition) is 2. The van der Waals surface area contributed by atoms with Crippen LogP contribution >= 0.6 is 0 Å². The molecule has 0 spiro atoms. The minimum absolute atomic E-state index is 0.0167. The van der Waals surface area contributed by atoms with Crippen LogP contribution in [0.25, 0.3) is 0 Å². The Morgan fingerprint density at radius 3 is 2.54 bits per heavy atom. The van der Waals surface area contributed by atoms with E-state index in [0.29, 0.717) is 17.9 Å². The molecule has 2 unspecified atom stereocenters. The zero-order valence-corrected chi connectivity index (χ0v) is 8.71. The Morgan fingerprint density at radius 1 is 1.62 bits per heavy atom. The summed E-state index contributed by atoms with van der Waals surface area (Å²) < 4.78 is 0. The van der Waals surface area contributed by atoms with Crippen molar-refractivity contribution in [3.05, 3.63) is 0 Å². The molecule has 1 fully saturated rings. The Balaban J connectivity index is 2.22. The minimum Gasteiger partial charge on any atom is -0.352 e. The van der Waals surface area contributed by atoms with Crippen LogP contribution in [0.1, 0.15) is 33.6 Å². The van der Waals surface area contributed by atoms with Crippen LogP contribution in [0, 0.1) is 11.8 Å². The highest BCUT2D eigenvalue weighted by molar-refractivity contribution is 5.82. The Hall–Kier alpha value is -0.570. The van der Waals surface area contributed by atoms with Crippen LogP contribution in [0.2, 0.25) is 0 Å². The van der Waals surface area contributed by atoms with E-state index in [-0.39, 0.29) is 11.9 Å². The maximum Gasteiger partial charge on any atom is 0.237 e. The van der Waals surface area contributed by atoms with E-state index >= 15 is 0 Å². The summed E-state index contributed by atoms with van der Waals surface area (Å²) in [5, 5.41) is 2.94. The van der Waals surface area contributed by atoms with E-state index in [1.54, 1.807) is 0 Å². The van der Waals surface area contributed by atoms with Crippen LogP contribution in [0.4, 0.5) is 0 Å². The summed E-state index contributed by atoms with van der Waals surface area (Å²) in [6.45, 7) is 6.29. The lowest BCUT2D eigenvalue weighted by molar-refractivity contribution is -0.122. The second kappa shape index (κ2) is 4.09. The highest BCUT2D eigenvalue weighted by Gasteiger charge is 2.34. The molecule has 1 aliphatic carbocycles. The van der Waals surface area contributed by atoms with Crippen molar-refractivity contribution in [2.75, 3.05) is 0 Å². The molecule has 3 heteroatoms. The smallest absolute Gasteiger partial charge is 0.237 e. The molecule has 0 saturated heterocycles. The molecule has 0 aromatic heterocycles. The van der Waals surface area contributed by atoms with Gasteiger partial charge in [0.25, 0.3) is 0 Å². The zero-order chi connectivity index (χ0) is 10.0. The molecule has 0 aromatic carbocycles. The molecule has 13 heavy (non-hydrogen) atoms. The average Bonchev–Trinajstić information content (AvgIpc) is 2.64. The van der Waals surface area contributed by atoms with Crippen LogP contribution in [-0.4, -0.2) is 18.0 Å². The first-order valence-electron chi connectivity index (χ1n) is 5.06. The average molecular weight is 184 g/mol. The van der Waals surface area contributed by atoms with Gasteiger partial charge in [-0.05, 0) is 24.7 Å². The molecule has 1 rings (SSSR count). The van der Waals surface area contributed by atoms with Gasteiger partial charge in [-0.2, -0.15) is 0 Å². The standard InChI is InChI=1S/C10H20N2O/c1-6(2)4-8(11)10(13)12-9-5-7(9)3/h6-9H,4-5,11H2,1-3H3,(H,12,13)/t7?,8-,9?/m0/s1. The molecular weight excluding hydrogens is 164 g/mol. The number of carbonyl (C=O) groups excluding carboxylic acids is 1. The fourth-order valence-electron chi connectivity index (χ4n) is 1.43. The summed E-state index contributed by atoms with van der Waals surface area (Å²) in [5.74, 6) is 1.15. The first kappa shape index (κ1) is 10.5. The Bertz CT molecular complexity index is 191. The van der Waals surface area contributed by atoms with Gasteiger partial charge in [-0.15, -0.1) is 0 Å². The topological polar surface area (TPSA) is 55.1 Å². The number of rotatable bonds is 4. The maximum absolute atomic E-state index is 11.4. The third-order valence-electron chi connectivity index (χ3n) is 2.50. The van der Waals surface area contributed by atoms with Crippen LogP contribution < -0.4 is 11.1 Å². The van der Waals surface area contributed by atoms with Gasteiger partial charge >= 0.3 is 0 Å². The Labute approximate surface area is 80.1 Å². The van der Waals surface area contributed by atoms with Crippen molar-refractivity contribution in [2.45, 2.75) is 45.7 Å². The molecular formula is C10H20N2O. The summed E-state index contributed by atoms with van der Waals surface area (Å²) >= 11 is 0. The van der Waals surface area contributed by atoms with Crippen molar-refractivity contribution in [1.29, 1.82) is 0 Å². The molecule has 0 aromatic rings. The van der Waals surface area contributed by atoms with Crippen molar-refractivity contribution in [3.63, 3.8) is 0 Å². The predicted molar refractivity (Wildman–Crippen MR) is 53.1 cm³/mol. The number of carbonyl (C=O) groups is 1. The van der Waals surface area contributed by atoms with Crippen LogP contribution in [-0.2, 0) is 4.79 Å². The summed E-state index contributed by atoms with van der Waals surface area (Å²) in [6, 6.07) is 0.0681. The SMILES string of the molecule is CC(C)C[C@H](N)C(=O)NC1CC1C. The van der Waals surface area contributed by atoms with Crippen molar-refractivity contribution in [1.82, 2.24) is 5.32 Å². The highest BCUT2D eigenvalue weighted by atomic mass is 16.2. The third-order valence-corrected chi connectivity index (χ3v) is 2.50. The molecule has 0 radical (unpaired) electrons. The van der Waals surface area contributed by atoms with Crippen molar-refractivity contribution in [3.8, 4) is 0 Å². The summed E-state index contributed by atoms with van der Waals surface area (Å²) in [6.07, 6.45) is 1.88. The lowest BCUT2D eigenvalue weighted by Crippen LogP contribution is -2.42. The molecule has 1 aliphatic rings. The lowest BCUT2D eigenvalue weighted by atomic mass is 10.0. The second-order valence-corrected chi connectivity index (χ2v) is 4.56. The van der Waals surface area contributed by atoms with E-state index in [2.05, 4.69) is 26.1 Å². The monoisotopic (exact) mass is 184 g/mol. The number of amides is 1. The van der Waals surface area contributed by atoms with Gasteiger partial charge in [-0.25, -0.2) is 0 Å². The number of hydrogen-bond acceptors (Lipinski definition) is 2. The fourth-order valence-corrected chi connectivity index (χ4v) is 1.43. The summed E-state index contributed by atoms with van der Waals surface area (Å²) in [4.78, 5) is 11.4. The van der Waals surface area contributed by atoms with E-state index in [9.17, 15) is 4.79 Å². The van der Waals surface area contributed by atoms with Gasteiger partial charge in [0, 0.05) is 6.04 Å². The zero-order valence-electron chi connectivity index (χ0n) is 8.71. The van der Waals surface area contributed by atoms with E-state index in [1.807, 2.05) is 0 Å². The van der Waals surface area contributed by atoms with Crippen LogP contribution in [0.3, 0.4) is 0 Å². The van der Waals surface area contributed by atoms with E-state index in [1.165, 1.54) is 0 Å². The first-order valence-corrected chi connectivity index (χ1v) is 5.06. The molecule has 76 valence electrons. The maximum atomic E-state index is 11.4. The Kier molecular flexibility index (Phi) is 3.31. The van der Waals surface area contributed by atoms with E-state index in [0.717, 1.165) is 12.8 Å². The molecule has 0 bridgehead atoms. The predicted octanol–water partition coefficient (Wildman–Crippen LogP) is 0.884. The first-order chi connectivity index (χ1) is 6.00. The lowest BCUT2D eigenvalue weighted by Gasteiger charge is -2.13. The minimum atomic E-state index is -0.326. The van der Waals surface area contributed by atoms with E-state index < -0.39 is 0 Å².